The molecule has 8 nitrogen and oxygen atoms in total. The van der Waals surface area contributed by atoms with Crippen LogP contribution in [0.5, 0.6) is 11.5 Å². The van der Waals surface area contributed by atoms with Gasteiger partial charge in [0.25, 0.3) is 5.91 Å². The first-order valence-corrected chi connectivity index (χ1v) is 9.91. The number of benzene rings is 1. The maximum atomic E-state index is 12.8. The second-order valence-corrected chi connectivity index (χ2v) is 7.45. The fourth-order valence-corrected chi connectivity index (χ4v) is 3.10. The summed E-state index contributed by atoms with van der Waals surface area (Å²) in [4.78, 5) is 40.3. The van der Waals surface area contributed by atoms with Crippen LogP contribution < -0.4 is 14.8 Å². The van der Waals surface area contributed by atoms with Gasteiger partial charge in [0.1, 0.15) is 11.5 Å². The van der Waals surface area contributed by atoms with Gasteiger partial charge in [0.15, 0.2) is 0 Å². The number of methoxy groups -OCH3 is 2. The monoisotopic (exact) mass is 405 g/mol. The van der Waals surface area contributed by atoms with Crippen LogP contribution in [0.3, 0.4) is 0 Å². The number of carbonyl (C=O) groups excluding carboxylic acids is 3. The molecule has 0 unspecified atom stereocenters. The molecule has 0 atom stereocenters. The van der Waals surface area contributed by atoms with E-state index >= 15 is 0 Å². The number of ether oxygens (including phenoxy) is 2. The Morgan fingerprint density at radius 2 is 1.69 bits per heavy atom. The number of amides is 3. The molecule has 0 bridgehead atoms. The van der Waals surface area contributed by atoms with Crippen molar-refractivity contribution in [1.82, 2.24) is 15.1 Å². The largest absolute Gasteiger partial charge is 0.497 e. The Kier molecular flexibility index (Phi) is 8.30. The molecule has 29 heavy (non-hydrogen) atoms. The summed E-state index contributed by atoms with van der Waals surface area (Å²) in [6.45, 7) is 5.84. The molecule has 1 aliphatic rings. The second kappa shape index (κ2) is 10.7. The predicted octanol–water partition coefficient (Wildman–Crippen LogP) is 1.54. The van der Waals surface area contributed by atoms with Crippen LogP contribution >= 0.6 is 0 Å². The highest BCUT2D eigenvalue weighted by Crippen LogP contribution is 2.26. The van der Waals surface area contributed by atoms with E-state index in [9.17, 15) is 14.4 Å². The fourth-order valence-electron chi connectivity index (χ4n) is 3.10. The molecule has 1 N–H and O–H groups in total. The Labute approximate surface area is 172 Å². The maximum Gasteiger partial charge on any atom is 0.257 e. The smallest absolute Gasteiger partial charge is 0.257 e. The van der Waals surface area contributed by atoms with Crippen molar-refractivity contribution in [3.05, 3.63) is 23.8 Å². The van der Waals surface area contributed by atoms with Crippen LogP contribution in [0.4, 0.5) is 0 Å². The second-order valence-electron chi connectivity index (χ2n) is 7.45. The molecule has 0 aromatic heterocycles. The quantitative estimate of drug-likeness (QED) is 0.709. The third-order valence-electron chi connectivity index (χ3n) is 4.94. The zero-order valence-corrected chi connectivity index (χ0v) is 17.7. The molecular weight excluding hydrogens is 374 g/mol. The number of nitrogens with zero attached hydrogens (tertiary/aromatic N) is 2. The van der Waals surface area contributed by atoms with Gasteiger partial charge in [-0.25, -0.2) is 0 Å². The third kappa shape index (κ3) is 6.37. The first kappa shape index (κ1) is 22.5. The molecule has 0 spiro atoms. The Bertz CT molecular complexity index is 727. The lowest BCUT2D eigenvalue weighted by Gasteiger charge is -2.35. The lowest BCUT2D eigenvalue weighted by molar-refractivity contribution is -0.134. The van der Waals surface area contributed by atoms with Crippen LogP contribution in [0.1, 0.15) is 37.0 Å². The molecule has 0 radical (unpaired) electrons. The van der Waals surface area contributed by atoms with Gasteiger partial charge in [-0.05, 0) is 24.5 Å². The highest BCUT2D eigenvalue weighted by Gasteiger charge is 2.26. The lowest BCUT2D eigenvalue weighted by Crippen LogP contribution is -2.52. The van der Waals surface area contributed by atoms with Crippen molar-refractivity contribution in [3.8, 4) is 11.5 Å². The van der Waals surface area contributed by atoms with Crippen molar-refractivity contribution in [2.75, 3.05) is 46.9 Å². The average Bonchev–Trinajstić information content (AvgIpc) is 2.75. The molecule has 1 aromatic carbocycles. The summed E-state index contributed by atoms with van der Waals surface area (Å²) in [6.07, 6.45) is 1.23. The number of hydrogen-bond donors (Lipinski definition) is 1. The summed E-state index contributed by atoms with van der Waals surface area (Å²) in [5.41, 5.74) is 0.463. The number of rotatable bonds is 8. The molecule has 160 valence electrons. The van der Waals surface area contributed by atoms with Crippen LogP contribution in [0.25, 0.3) is 0 Å². The van der Waals surface area contributed by atoms with Gasteiger partial charge in [-0.3, -0.25) is 14.4 Å². The fraction of sp³-hybridized carbons (Fsp3) is 0.571. The van der Waals surface area contributed by atoms with E-state index in [-0.39, 0.29) is 24.3 Å². The van der Waals surface area contributed by atoms with Crippen molar-refractivity contribution in [1.29, 1.82) is 0 Å². The van der Waals surface area contributed by atoms with Gasteiger partial charge >= 0.3 is 0 Å². The summed E-state index contributed by atoms with van der Waals surface area (Å²) < 4.78 is 10.5. The molecule has 0 saturated carbocycles. The highest BCUT2D eigenvalue weighted by atomic mass is 16.5. The van der Waals surface area contributed by atoms with E-state index in [2.05, 4.69) is 19.2 Å². The van der Waals surface area contributed by atoms with E-state index in [4.69, 9.17) is 9.47 Å². The van der Waals surface area contributed by atoms with Crippen LogP contribution in [0.15, 0.2) is 18.2 Å². The Balaban J connectivity index is 1.84. The molecule has 8 heteroatoms. The third-order valence-corrected chi connectivity index (χ3v) is 4.94. The average molecular weight is 405 g/mol. The highest BCUT2D eigenvalue weighted by molar-refractivity contribution is 5.97. The Morgan fingerprint density at radius 1 is 1.03 bits per heavy atom. The number of nitrogens with one attached hydrogen (secondary N) is 1. The van der Waals surface area contributed by atoms with E-state index in [1.807, 2.05) is 0 Å². The lowest BCUT2D eigenvalue weighted by atomic mass is 10.1. The Hall–Kier alpha value is -2.77. The maximum absolute atomic E-state index is 12.8. The molecule has 1 heterocycles. The van der Waals surface area contributed by atoms with Gasteiger partial charge in [0.05, 0.1) is 26.3 Å². The van der Waals surface area contributed by atoms with Gasteiger partial charge in [0.2, 0.25) is 11.8 Å². The van der Waals surface area contributed by atoms with E-state index < -0.39 is 0 Å². The molecule has 1 saturated heterocycles. The van der Waals surface area contributed by atoms with Crippen molar-refractivity contribution in [2.45, 2.75) is 26.7 Å². The molecule has 0 aliphatic carbocycles. The molecular formula is C21H31N3O5. The van der Waals surface area contributed by atoms with Crippen LogP contribution in [0, 0.1) is 5.92 Å². The van der Waals surface area contributed by atoms with Crippen molar-refractivity contribution < 1.29 is 23.9 Å². The number of hydrogen-bond acceptors (Lipinski definition) is 5. The summed E-state index contributed by atoms with van der Waals surface area (Å²) in [5, 5.41) is 2.68. The molecule has 1 aromatic rings. The number of carbonyl (C=O) groups is 3. The predicted molar refractivity (Wildman–Crippen MR) is 109 cm³/mol. The molecule has 2 rings (SSSR count). The van der Waals surface area contributed by atoms with E-state index in [0.717, 1.165) is 6.42 Å². The molecule has 1 fully saturated rings. The van der Waals surface area contributed by atoms with Crippen molar-refractivity contribution in [2.24, 2.45) is 5.92 Å². The summed E-state index contributed by atoms with van der Waals surface area (Å²) in [6, 6.07) is 5.08. The summed E-state index contributed by atoms with van der Waals surface area (Å²) in [5.74, 6) is 1.15. The Morgan fingerprint density at radius 3 is 2.28 bits per heavy atom. The minimum atomic E-state index is -0.140. The summed E-state index contributed by atoms with van der Waals surface area (Å²) >= 11 is 0. The van der Waals surface area contributed by atoms with Crippen molar-refractivity contribution in [3.63, 3.8) is 0 Å². The first-order chi connectivity index (χ1) is 13.8. The standard InChI is InChI=1S/C21H31N3O5/c1-15(2)5-8-19(25)22-14-20(26)23-9-11-24(12-10-23)21(27)17-7-6-16(28-3)13-18(17)29-4/h6-7,13,15H,5,8-12,14H2,1-4H3,(H,22,25). The van der Waals surface area contributed by atoms with Crippen LogP contribution in [-0.4, -0.2) is 74.5 Å². The van der Waals surface area contributed by atoms with Gasteiger partial charge in [-0.15, -0.1) is 0 Å². The van der Waals surface area contributed by atoms with E-state index in [1.54, 1.807) is 35.1 Å². The van der Waals surface area contributed by atoms with Gasteiger partial charge < -0.3 is 24.6 Å². The molecule has 3 amide bonds. The topological polar surface area (TPSA) is 88.2 Å². The SMILES string of the molecule is COc1ccc(C(=O)N2CCN(C(=O)CNC(=O)CCC(C)C)CC2)c(OC)c1. The zero-order chi connectivity index (χ0) is 21.4. The summed E-state index contributed by atoms with van der Waals surface area (Å²) in [7, 11) is 3.07. The molecule has 1 aliphatic heterocycles. The number of piperazine rings is 1. The van der Waals surface area contributed by atoms with Gasteiger partial charge in [-0.2, -0.15) is 0 Å². The minimum absolute atomic E-state index is 0.00280. The van der Waals surface area contributed by atoms with Gasteiger partial charge in [0, 0.05) is 38.7 Å². The van der Waals surface area contributed by atoms with Gasteiger partial charge in [-0.1, -0.05) is 13.8 Å². The van der Waals surface area contributed by atoms with Crippen LogP contribution in [-0.2, 0) is 9.59 Å². The van der Waals surface area contributed by atoms with Crippen molar-refractivity contribution >= 4 is 17.7 Å². The minimum Gasteiger partial charge on any atom is -0.497 e. The first-order valence-electron chi connectivity index (χ1n) is 9.91. The van der Waals surface area contributed by atoms with E-state index in [0.29, 0.717) is 55.6 Å². The van der Waals surface area contributed by atoms with Crippen LogP contribution in [0.2, 0.25) is 0 Å². The zero-order valence-electron chi connectivity index (χ0n) is 17.7. The van der Waals surface area contributed by atoms with E-state index in [1.165, 1.54) is 7.11 Å². The normalized spacial score (nSPS) is 14.0.